The van der Waals surface area contributed by atoms with Crippen molar-refractivity contribution in [2.75, 3.05) is 0 Å². The molecule has 0 N–H and O–H groups in total. The summed E-state index contributed by atoms with van der Waals surface area (Å²) in [6, 6.07) is 0. The molecule has 0 heterocycles. The second-order valence-electron chi connectivity index (χ2n) is 3.27. The molecule has 1 rings (SSSR count). The maximum Gasteiger partial charge on any atom is 0.0462 e. The third kappa shape index (κ3) is 2.73. The molecule has 1 saturated carbocycles. The van der Waals surface area contributed by atoms with Crippen LogP contribution in [-0.2, 0) is 0 Å². The van der Waals surface area contributed by atoms with Crippen molar-refractivity contribution < 1.29 is 0 Å². The van der Waals surface area contributed by atoms with Crippen LogP contribution >= 0.6 is 11.6 Å². The topological polar surface area (TPSA) is 0 Å². The van der Waals surface area contributed by atoms with Crippen molar-refractivity contribution in [2.45, 2.75) is 39.0 Å². The van der Waals surface area contributed by atoms with Gasteiger partial charge >= 0.3 is 0 Å². The molecule has 0 bridgehead atoms. The van der Waals surface area contributed by atoms with Crippen LogP contribution in [0.25, 0.3) is 0 Å². The number of halogens is 1. The monoisotopic (exact) mass is 170 g/mol. The van der Waals surface area contributed by atoms with Crippen molar-refractivity contribution in [3.8, 4) is 0 Å². The Morgan fingerprint density at radius 3 is 2.55 bits per heavy atom. The van der Waals surface area contributed by atoms with Gasteiger partial charge in [0.05, 0.1) is 0 Å². The number of hydrogen-bond donors (Lipinski definition) is 0. The zero-order valence-electron chi connectivity index (χ0n) is 7.07. The first kappa shape index (κ1) is 8.90. The van der Waals surface area contributed by atoms with Crippen LogP contribution in [0, 0.1) is 5.92 Å². The maximum absolute atomic E-state index is 5.46. The molecule has 0 atom stereocenters. The van der Waals surface area contributed by atoms with Crippen molar-refractivity contribution in [1.82, 2.24) is 0 Å². The number of rotatable bonds is 1. The molecule has 0 saturated heterocycles. The molecule has 0 aromatic rings. The van der Waals surface area contributed by atoms with Crippen molar-refractivity contribution in [1.29, 1.82) is 0 Å². The molecule has 1 aliphatic carbocycles. The summed E-state index contributed by atoms with van der Waals surface area (Å²) in [5.74, 6) is 0.763. The highest BCUT2D eigenvalue weighted by molar-refractivity contribution is 6.25. The minimum atomic E-state index is 0.763. The van der Waals surface area contributed by atoms with Gasteiger partial charge in [-0.05, 0) is 31.3 Å². The zero-order chi connectivity index (χ0) is 8.10. The molecule has 0 aromatic carbocycles. The van der Waals surface area contributed by atoms with Crippen LogP contribution in [0.15, 0.2) is 16.8 Å². The third-order valence-electron chi connectivity index (χ3n) is 2.50. The largest absolute Gasteiger partial charge is 0.109 e. The Bertz CT molecular complexity index is 169. The third-order valence-corrected chi connectivity index (χ3v) is 2.61. The van der Waals surface area contributed by atoms with Crippen molar-refractivity contribution in [3.63, 3.8) is 0 Å². The van der Waals surface area contributed by atoms with Crippen LogP contribution in [0.1, 0.15) is 39.0 Å². The van der Waals surface area contributed by atoms with Gasteiger partial charge in [0, 0.05) is 5.54 Å². The van der Waals surface area contributed by atoms with E-state index in [1.54, 1.807) is 0 Å². The first-order valence-electron chi connectivity index (χ1n) is 4.36. The average molecular weight is 171 g/mol. The summed E-state index contributed by atoms with van der Waals surface area (Å²) in [6.45, 7) is 2.13. The summed E-state index contributed by atoms with van der Waals surface area (Å²) in [4.78, 5) is 0. The molecule has 0 nitrogen and oxygen atoms in total. The minimum Gasteiger partial charge on any atom is -0.109 e. The van der Waals surface area contributed by atoms with Gasteiger partial charge < -0.3 is 0 Å². The molecule has 0 aromatic heterocycles. The average Bonchev–Trinajstić information content (AvgIpc) is 2.07. The Labute approximate surface area is 73.9 Å². The lowest BCUT2D eigenvalue weighted by atomic mass is 9.85. The first-order valence-corrected chi connectivity index (χ1v) is 4.80. The number of hydrogen-bond acceptors (Lipinski definition) is 0. The summed E-state index contributed by atoms with van der Waals surface area (Å²) < 4.78 is 0. The van der Waals surface area contributed by atoms with Gasteiger partial charge in [-0.1, -0.05) is 30.9 Å². The fourth-order valence-corrected chi connectivity index (χ4v) is 1.91. The molecule has 0 aliphatic heterocycles. The van der Waals surface area contributed by atoms with E-state index in [4.69, 9.17) is 11.6 Å². The SMILES string of the molecule is CC(=C=CCl)C1CCCCC1. The summed E-state index contributed by atoms with van der Waals surface area (Å²) >= 11 is 5.46. The molecule has 0 unspecified atom stereocenters. The second-order valence-corrected chi connectivity index (χ2v) is 3.49. The summed E-state index contributed by atoms with van der Waals surface area (Å²) in [7, 11) is 0. The lowest BCUT2D eigenvalue weighted by Crippen LogP contribution is -2.06. The van der Waals surface area contributed by atoms with E-state index in [-0.39, 0.29) is 0 Å². The smallest absolute Gasteiger partial charge is 0.0462 e. The highest BCUT2D eigenvalue weighted by Gasteiger charge is 2.13. The van der Waals surface area contributed by atoms with Crippen molar-refractivity contribution >= 4 is 11.6 Å². The van der Waals surface area contributed by atoms with E-state index in [0.29, 0.717) is 0 Å². The highest BCUT2D eigenvalue weighted by Crippen LogP contribution is 2.28. The molecule has 0 amide bonds. The maximum atomic E-state index is 5.46. The van der Waals surface area contributed by atoms with Crippen LogP contribution in [0.2, 0.25) is 0 Å². The van der Waals surface area contributed by atoms with Crippen molar-refractivity contribution in [3.05, 3.63) is 16.8 Å². The van der Waals surface area contributed by atoms with Gasteiger partial charge in [-0.2, -0.15) is 0 Å². The second kappa shape index (κ2) is 4.64. The van der Waals surface area contributed by atoms with E-state index in [2.05, 4.69) is 12.7 Å². The predicted octanol–water partition coefficient (Wildman–Crippen LogP) is 3.86. The van der Waals surface area contributed by atoms with Crippen LogP contribution in [0.3, 0.4) is 0 Å². The molecular weight excluding hydrogens is 156 g/mol. The van der Waals surface area contributed by atoms with E-state index in [9.17, 15) is 0 Å². The molecular formula is C10H15Cl. The van der Waals surface area contributed by atoms with Crippen LogP contribution in [0.5, 0.6) is 0 Å². The normalized spacial score (nSPS) is 19.1. The van der Waals surface area contributed by atoms with Gasteiger partial charge in [0.1, 0.15) is 0 Å². The molecule has 1 fully saturated rings. The zero-order valence-corrected chi connectivity index (χ0v) is 7.82. The Kier molecular flexibility index (Phi) is 3.76. The molecule has 11 heavy (non-hydrogen) atoms. The van der Waals surface area contributed by atoms with Crippen molar-refractivity contribution in [2.24, 2.45) is 5.92 Å². The van der Waals surface area contributed by atoms with Gasteiger partial charge in [0.2, 0.25) is 0 Å². The Morgan fingerprint density at radius 1 is 1.36 bits per heavy atom. The lowest BCUT2D eigenvalue weighted by molar-refractivity contribution is 0.403. The summed E-state index contributed by atoms with van der Waals surface area (Å²) in [6.07, 6.45) is 6.85. The summed E-state index contributed by atoms with van der Waals surface area (Å²) in [5.41, 5.74) is 5.91. The van der Waals surface area contributed by atoms with Gasteiger partial charge in [0.25, 0.3) is 0 Å². The highest BCUT2D eigenvalue weighted by atomic mass is 35.5. The van der Waals surface area contributed by atoms with E-state index in [1.165, 1.54) is 43.2 Å². The first-order chi connectivity index (χ1) is 5.34. The van der Waals surface area contributed by atoms with E-state index < -0.39 is 0 Å². The van der Waals surface area contributed by atoms with Gasteiger partial charge in [-0.15, -0.1) is 5.73 Å². The van der Waals surface area contributed by atoms with E-state index >= 15 is 0 Å². The van der Waals surface area contributed by atoms with Crippen LogP contribution < -0.4 is 0 Å². The van der Waals surface area contributed by atoms with E-state index in [1.807, 2.05) is 0 Å². The fraction of sp³-hybridized carbons (Fsp3) is 0.700. The van der Waals surface area contributed by atoms with Gasteiger partial charge in [-0.3, -0.25) is 0 Å². The van der Waals surface area contributed by atoms with Gasteiger partial charge in [0.15, 0.2) is 0 Å². The predicted molar refractivity (Wildman–Crippen MR) is 49.7 cm³/mol. The fourth-order valence-electron chi connectivity index (χ4n) is 1.74. The summed E-state index contributed by atoms with van der Waals surface area (Å²) in [5, 5.41) is 0. The molecule has 62 valence electrons. The Hall–Kier alpha value is -0.190. The molecule has 0 radical (unpaired) electrons. The standard InChI is InChI=1S/C10H15Cl/c1-9(7-8-11)10-5-3-2-4-6-10/h8,10H,2-6H2,1H3. The van der Waals surface area contributed by atoms with Gasteiger partial charge in [-0.25, -0.2) is 0 Å². The van der Waals surface area contributed by atoms with E-state index in [0.717, 1.165) is 5.92 Å². The van der Waals surface area contributed by atoms with Crippen LogP contribution in [-0.4, -0.2) is 0 Å². The number of allylic oxidation sites excluding steroid dienone is 1. The van der Waals surface area contributed by atoms with Crippen LogP contribution in [0.4, 0.5) is 0 Å². The minimum absolute atomic E-state index is 0.763. The lowest BCUT2D eigenvalue weighted by Gasteiger charge is -2.20. The molecule has 1 aliphatic rings. The molecule has 1 heteroatoms. The molecule has 0 spiro atoms. The quantitative estimate of drug-likeness (QED) is 0.525. The Balaban J connectivity index is 2.51. The Morgan fingerprint density at radius 2 is 2.00 bits per heavy atom.